The molecule has 1 amide bonds. The number of amides is 1. The first-order chi connectivity index (χ1) is 10.8. The van der Waals surface area contributed by atoms with E-state index in [4.69, 9.17) is 10.00 Å². The van der Waals surface area contributed by atoms with E-state index in [9.17, 15) is 9.90 Å². The molecule has 0 fully saturated rings. The maximum Gasteiger partial charge on any atom is 0.250 e. The number of benzene rings is 1. The van der Waals surface area contributed by atoms with Crippen LogP contribution in [0.3, 0.4) is 0 Å². The van der Waals surface area contributed by atoms with Gasteiger partial charge in [0.25, 0.3) is 0 Å². The van der Waals surface area contributed by atoms with Gasteiger partial charge in [-0.3, -0.25) is 4.79 Å². The van der Waals surface area contributed by atoms with Crippen molar-refractivity contribution in [3.63, 3.8) is 0 Å². The van der Waals surface area contributed by atoms with E-state index in [0.717, 1.165) is 11.1 Å². The second kappa shape index (κ2) is 5.10. The Morgan fingerprint density at radius 3 is 2.65 bits per heavy atom. The average Bonchev–Trinajstić information content (AvgIpc) is 2.75. The summed E-state index contributed by atoms with van der Waals surface area (Å²) < 4.78 is 5.90. The molecule has 5 nitrogen and oxygen atoms in total. The van der Waals surface area contributed by atoms with Crippen LogP contribution in [0, 0.1) is 11.3 Å². The third-order valence-corrected chi connectivity index (χ3v) is 4.81. The molecule has 0 unspecified atom stereocenters. The number of nitrogens with zero attached hydrogens (tertiary/aromatic N) is 2. The van der Waals surface area contributed by atoms with Gasteiger partial charge in [-0.2, -0.15) is 5.26 Å². The fourth-order valence-corrected chi connectivity index (χ4v) is 3.24. The molecular weight excluding hydrogens is 292 g/mol. The molecule has 3 rings (SSSR count). The van der Waals surface area contributed by atoms with Crippen LogP contribution in [0.2, 0.25) is 0 Å². The molecule has 5 heteroatoms. The molecule has 0 saturated heterocycles. The minimum Gasteiger partial charge on any atom is -0.485 e. The monoisotopic (exact) mass is 312 g/mol. The molecule has 0 spiro atoms. The van der Waals surface area contributed by atoms with E-state index in [1.54, 1.807) is 43.9 Å². The molecular formula is C18H20N2O3. The molecule has 2 atom stereocenters. The quantitative estimate of drug-likeness (QED) is 0.863. The normalized spacial score (nSPS) is 25.9. The van der Waals surface area contributed by atoms with Gasteiger partial charge in [-0.25, -0.2) is 0 Å². The summed E-state index contributed by atoms with van der Waals surface area (Å²) in [5, 5.41) is 20.0. The number of aliphatic hydroxyl groups excluding tert-OH is 1. The van der Waals surface area contributed by atoms with E-state index in [-0.39, 0.29) is 5.91 Å². The number of carbonyl (C=O) groups excluding carboxylic acids is 1. The molecule has 0 aliphatic carbocycles. The average molecular weight is 312 g/mol. The first-order valence-corrected chi connectivity index (χ1v) is 7.64. The fourth-order valence-electron chi connectivity index (χ4n) is 3.24. The number of nitriles is 1. The van der Waals surface area contributed by atoms with Crippen molar-refractivity contribution in [2.24, 2.45) is 0 Å². The lowest BCUT2D eigenvalue weighted by atomic mass is 9.85. The summed E-state index contributed by atoms with van der Waals surface area (Å²) in [4.78, 5) is 14.3. The summed E-state index contributed by atoms with van der Waals surface area (Å²) in [6, 6.07) is 6.70. The Balaban J connectivity index is 2.12. The Morgan fingerprint density at radius 1 is 1.39 bits per heavy atom. The van der Waals surface area contributed by atoms with Crippen molar-refractivity contribution in [1.29, 1.82) is 5.26 Å². The van der Waals surface area contributed by atoms with Crippen LogP contribution in [0.4, 0.5) is 0 Å². The summed E-state index contributed by atoms with van der Waals surface area (Å²) in [5.41, 5.74) is 2.07. The van der Waals surface area contributed by atoms with Crippen LogP contribution < -0.4 is 4.74 Å². The van der Waals surface area contributed by atoms with E-state index in [0.29, 0.717) is 23.4 Å². The van der Waals surface area contributed by atoms with Gasteiger partial charge in [0.1, 0.15) is 17.5 Å². The zero-order valence-corrected chi connectivity index (χ0v) is 13.8. The van der Waals surface area contributed by atoms with Crippen LogP contribution in [0.5, 0.6) is 5.75 Å². The topological polar surface area (TPSA) is 73.6 Å². The van der Waals surface area contributed by atoms with Crippen molar-refractivity contribution >= 4 is 5.91 Å². The van der Waals surface area contributed by atoms with Crippen LogP contribution in [-0.4, -0.2) is 34.2 Å². The fraction of sp³-hybridized carbons (Fsp3) is 0.444. The van der Waals surface area contributed by atoms with Crippen LogP contribution in [0.25, 0.3) is 0 Å². The standard InChI is InChI=1S/C18H20N2O3/c1-10-9-20(17(22)11(10)2)15-13-7-12(8-19)5-6-14(13)23-18(3,4)16(15)21/h5-7,15-16,21H,9H2,1-4H3/t15-,16+/m0/s1. The van der Waals surface area contributed by atoms with Gasteiger partial charge < -0.3 is 14.7 Å². The van der Waals surface area contributed by atoms with E-state index in [2.05, 4.69) is 6.07 Å². The highest BCUT2D eigenvalue weighted by Gasteiger charge is 2.48. The van der Waals surface area contributed by atoms with Crippen molar-refractivity contribution < 1.29 is 14.6 Å². The van der Waals surface area contributed by atoms with Gasteiger partial charge in [0.15, 0.2) is 0 Å². The maximum atomic E-state index is 12.6. The summed E-state index contributed by atoms with van der Waals surface area (Å²) >= 11 is 0. The van der Waals surface area contributed by atoms with Crippen molar-refractivity contribution in [1.82, 2.24) is 4.90 Å². The smallest absolute Gasteiger partial charge is 0.250 e. The van der Waals surface area contributed by atoms with E-state index < -0.39 is 17.7 Å². The molecule has 0 bridgehead atoms. The Hall–Kier alpha value is -2.32. The summed E-state index contributed by atoms with van der Waals surface area (Å²) in [7, 11) is 0. The molecule has 1 aromatic rings. The van der Waals surface area contributed by atoms with Crippen molar-refractivity contribution in [2.75, 3.05) is 6.54 Å². The number of fused-ring (bicyclic) bond motifs is 1. The van der Waals surface area contributed by atoms with Gasteiger partial charge in [0.05, 0.1) is 17.7 Å². The molecule has 0 radical (unpaired) electrons. The first-order valence-electron chi connectivity index (χ1n) is 7.64. The Bertz CT molecular complexity index is 758. The highest BCUT2D eigenvalue weighted by atomic mass is 16.5. The molecule has 2 aliphatic rings. The molecule has 1 N–H and O–H groups in total. The summed E-state index contributed by atoms with van der Waals surface area (Å²) in [6.07, 6.45) is -0.883. The predicted octanol–water partition coefficient (Wildman–Crippen LogP) is 2.31. The second-order valence-corrected chi connectivity index (χ2v) is 6.80. The molecule has 2 aliphatic heterocycles. The van der Waals surface area contributed by atoms with Gasteiger partial charge in [-0.05, 0) is 51.5 Å². The van der Waals surface area contributed by atoms with Crippen LogP contribution >= 0.6 is 0 Å². The number of aliphatic hydroxyl groups is 1. The van der Waals surface area contributed by atoms with Gasteiger partial charge in [0, 0.05) is 17.7 Å². The number of hydrogen-bond donors (Lipinski definition) is 1. The van der Waals surface area contributed by atoms with Gasteiger partial charge in [-0.15, -0.1) is 0 Å². The summed E-state index contributed by atoms with van der Waals surface area (Å²) in [5.74, 6) is 0.539. The Kier molecular flexibility index (Phi) is 3.46. The predicted molar refractivity (Wildman–Crippen MR) is 84.7 cm³/mol. The van der Waals surface area contributed by atoms with Crippen LogP contribution in [0.1, 0.15) is 44.9 Å². The zero-order valence-electron chi connectivity index (χ0n) is 13.8. The third kappa shape index (κ3) is 2.30. The van der Waals surface area contributed by atoms with Crippen LogP contribution in [-0.2, 0) is 4.79 Å². The molecule has 120 valence electrons. The minimum absolute atomic E-state index is 0.0717. The Labute approximate surface area is 135 Å². The molecule has 2 heterocycles. The molecule has 1 aromatic carbocycles. The SMILES string of the molecule is CC1=C(C)C(=O)N([C@H]2c3cc(C#N)ccc3OC(C)(C)[C@@H]2O)C1. The lowest BCUT2D eigenvalue weighted by Gasteiger charge is -2.45. The molecule has 0 aromatic heterocycles. The largest absolute Gasteiger partial charge is 0.485 e. The van der Waals surface area contributed by atoms with Crippen molar-refractivity contribution in [2.45, 2.75) is 45.4 Å². The highest BCUT2D eigenvalue weighted by Crippen LogP contribution is 2.44. The number of hydrogen-bond acceptors (Lipinski definition) is 4. The lowest BCUT2D eigenvalue weighted by molar-refractivity contribution is -0.138. The van der Waals surface area contributed by atoms with E-state index in [1.807, 2.05) is 6.92 Å². The molecule has 23 heavy (non-hydrogen) atoms. The van der Waals surface area contributed by atoms with Crippen molar-refractivity contribution in [3.05, 3.63) is 40.5 Å². The zero-order chi connectivity index (χ0) is 16.9. The third-order valence-electron chi connectivity index (χ3n) is 4.81. The highest BCUT2D eigenvalue weighted by molar-refractivity contribution is 5.96. The second-order valence-electron chi connectivity index (χ2n) is 6.80. The first kappa shape index (κ1) is 15.6. The minimum atomic E-state index is -0.883. The van der Waals surface area contributed by atoms with Crippen molar-refractivity contribution in [3.8, 4) is 11.8 Å². The lowest BCUT2D eigenvalue weighted by Crippen LogP contribution is -2.54. The van der Waals surface area contributed by atoms with E-state index >= 15 is 0 Å². The number of rotatable bonds is 1. The number of carbonyl (C=O) groups is 1. The van der Waals surface area contributed by atoms with E-state index in [1.165, 1.54) is 0 Å². The van der Waals surface area contributed by atoms with Gasteiger partial charge >= 0.3 is 0 Å². The maximum absolute atomic E-state index is 12.6. The molecule has 0 saturated carbocycles. The summed E-state index contributed by atoms with van der Waals surface area (Å²) in [6.45, 7) is 7.83. The Morgan fingerprint density at radius 2 is 2.09 bits per heavy atom. The van der Waals surface area contributed by atoms with Gasteiger partial charge in [0.2, 0.25) is 5.91 Å². The number of ether oxygens (including phenoxy) is 1. The van der Waals surface area contributed by atoms with Crippen LogP contribution in [0.15, 0.2) is 29.3 Å². The van der Waals surface area contributed by atoms with Gasteiger partial charge in [-0.1, -0.05) is 0 Å².